The number of hydrogen-bond acceptors (Lipinski definition) is 3. The molecular formula is C52H99NO3. The van der Waals surface area contributed by atoms with Crippen LogP contribution in [0.3, 0.4) is 0 Å². The van der Waals surface area contributed by atoms with E-state index in [1.807, 2.05) is 0 Å². The van der Waals surface area contributed by atoms with E-state index in [1.54, 1.807) is 0 Å². The van der Waals surface area contributed by atoms with Gasteiger partial charge in [0.1, 0.15) is 0 Å². The van der Waals surface area contributed by atoms with Crippen molar-refractivity contribution in [2.24, 2.45) is 0 Å². The van der Waals surface area contributed by atoms with Gasteiger partial charge in [-0.25, -0.2) is 0 Å². The fourth-order valence-corrected chi connectivity index (χ4v) is 7.78. The van der Waals surface area contributed by atoms with Crippen molar-refractivity contribution in [2.45, 2.75) is 283 Å². The zero-order valence-corrected chi connectivity index (χ0v) is 37.9. The van der Waals surface area contributed by atoms with Crippen molar-refractivity contribution < 1.29 is 15.0 Å². The third-order valence-electron chi connectivity index (χ3n) is 11.7. The molecule has 0 aliphatic carbocycles. The van der Waals surface area contributed by atoms with Crippen molar-refractivity contribution in [2.75, 3.05) is 6.61 Å². The van der Waals surface area contributed by atoms with E-state index < -0.39 is 12.1 Å². The van der Waals surface area contributed by atoms with E-state index in [1.165, 1.54) is 205 Å². The summed E-state index contributed by atoms with van der Waals surface area (Å²) in [6.07, 6.45) is 64.5. The molecule has 56 heavy (non-hydrogen) atoms. The van der Waals surface area contributed by atoms with Crippen molar-refractivity contribution in [1.29, 1.82) is 0 Å². The summed E-state index contributed by atoms with van der Waals surface area (Å²) in [5.41, 5.74) is 0. The second-order valence-corrected chi connectivity index (χ2v) is 17.2. The number of aliphatic hydroxyl groups is 2. The summed E-state index contributed by atoms with van der Waals surface area (Å²) in [6, 6.07) is -0.529. The molecule has 0 aliphatic heterocycles. The highest BCUT2D eigenvalue weighted by Gasteiger charge is 2.20. The summed E-state index contributed by atoms with van der Waals surface area (Å²) in [4.78, 5) is 12.3. The molecule has 0 bridgehead atoms. The lowest BCUT2D eigenvalue weighted by molar-refractivity contribution is -0.123. The highest BCUT2D eigenvalue weighted by molar-refractivity contribution is 5.76. The van der Waals surface area contributed by atoms with Crippen LogP contribution in [0.25, 0.3) is 0 Å². The second kappa shape index (κ2) is 48.0. The Balaban J connectivity index is 3.31. The number of allylic oxidation sites excluding steroid dienone is 6. The standard InChI is InChI=1S/C52H99NO3/c1-3-5-7-9-10-11-12-13-14-15-16-17-18-19-20-21-22-23-24-25-26-27-28-29-30-31-32-33-34-35-36-37-38-39-40-41-42-44-46-48-52(56)53-50(49-54)51(55)47-45-43-8-6-4-2/h12-13,15-16,18-19,50-51,54-55H,3-11,14,17,20-49H2,1-2H3,(H,53,56)/b13-12-,16-15-,19-18-. The molecule has 2 unspecified atom stereocenters. The summed E-state index contributed by atoms with van der Waals surface area (Å²) < 4.78 is 0. The average molecular weight is 786 g/mol. The number of rotatable bonds is 46. The first kappa shape index (κ1) is 54.6. The van der Waals surface area contributed by atoms with E-state index in [-0.39, 0.29) is 12.5 Å². The van der Waals surface area contributed by atoms with E-state index in [9.17, 15) is 15.0 Å². The molecule has 0 saturated heterocycles. The minimum absolute atomic E-state index is 0.0349. The predicted octanol–water partition coefficient (Wildman–Crippen LogP) is 16.1. The lowest BCUT2D eigenvalue weighted by Crippen LogP contribution is -2.45. The minimum atomic E-state index is -0.652. The SMILES string of the molecule is CCCCCCC/C=C\C/C=C\C/C=C\CCCCCCCCCCCCCCCCCCCCCCCCCCC(=O)NC(CO)C(O)CCCCCCC. The maximum Gasteiger partial charge on any atom is 0.220 e. The average Bonchev–Trinajstić information content (AvgIpc) is 3.20. The Bertz CT molecular complexity index is 851. The maximum atomic E-state index is 12.3. The molecule has 0 aliphatic rings. The molecule has 4 heteroatoms. The highest BCUT2D eigenvalue weighted by Crippen LogP contribution is 2.17. The summed E-state index contributed by atoms with van der Waals surface area (Å²) in [6.45, 7) is 4.28. The van der Waals surface area contributed by atoms with Crippen LogP contribution in [0.15, 0.2) is 36.5 Å². The molecule has 0 rings (SSSR count). The van der Waals surface area contributed by atoms with Crippen molar-refractivity contribution in [3.63, 3.8) is 0 Å². The lowest BCUT2D eigenvalue weighted by atomic mass is 10.0. The van der Waals surface area contributed by atoms with Gasteiger partial charge in [-0.15, -0.1) is 0 Å². The number of amides is 1. The molecule has 2 atom stereocenters. The van der Waals surface area contributed by atoms with Crippen LogP contribution in [-0.4, -0.2) is 34.9 Å². The van der Waals surface area contributed by atoms with E-state index in [0.717, 1.165) is 38.5 Å². The normalized spacial score (nSPS) is 13.1. The van der Waals surface area contributed by atoms with Crippen LogP contribution in [-0.2, 0) is 4.79 Å². The summed E-state index contributed by atoms with van der Waals surface area (Å²) in [7, 11) is 0. The maximum absolute atomic E-state index is 12.3. The third kappa shape index (κ3) is 43.7. The number of aliphatic hydroxyl groups excluding tert-OH is 2. The molecule has 4 nitrogen and oxygen atoms in total. The van der Waals surface area contributed by atoms with Gasteiger partial charge in [0.2, 0.25) is 5.91 Å². The van der Waals surface area contributed by atoms with Crippen LogP contribution in [0.5, 0.6) is 0 Å². The molecule has 3 N–H and O–H groups in total. The Kier molecular flexibility index (Phi) is 46.8. The van der Waals surface area contributed by atoms with E-state index in [4.69, 9.17) is 0 Å². The monoisotopic (exact) mass is 786 g/mol. The number of unbranched alkanes of at least 4 members (excludes halogenated alkanes) is 33. The van der Waals surface area contributed by atoms with Crippen LogP contribution < -0.4 is 5.32 Å². The number of carbonyl (C=O) groups excluding carboxylic acids is 1. The van der Waals surface area contributed by atoms with Crippen LogP contribution in [0, 0.1) is 0 Å². The van der Waals surface area contributed by atoms with Gasteiger partial charge in [-0.05, 0) is 51.4 Å². The van der Waals surface area contributed by atoms with Gasteiger partial charge in [0, 0.05) is 6.42 Å². The van der Waals surface area contributed by atoms with Gasteiger partial charge in [0.25, 0.3) is 0 Å². The Morgan fingerprint density at radius 1 is 0.429 bits per heavy atom. The summed E-state index contributed by atoms with van der Waals surface area (Å²) >= 11 is 0. The molecule has 330 valence electrons. The lowest BCUT2D eigenvalue weighted by Gasteiger charge is -2.22. The molecule has 0 aromatic heterocycles. The first-order chi connectivity index (χ1) is 27.7. The van der Waals surface area contributed by atoms with Gasteiger partial charge in [0.15, 0.2) is 0 Å². The van der Waals surface area contributed by atoms with Crippen LogP contribution in [0.1, 0.15) is 271 Å². The third-order valence-corrected chi connectivity index (χ3v) is 11.7. The van der Waals surface area contributed by atoms with Gasteiger partial charge in [-0.3, -0.25) is 4.79 Å². The Hall–Kier alpha value is -1.39. The smallest absolute Gasteiger partial charge is 0.220 e. The Morgan fingerprint density at radius 2 is 0.732 bits per heavy atom. The quantitative estimate of drug-likeness (QED) is 0.0425. The molecule has 0 spiro atoms. The van der Waals surface area contributed by atoms with Crippen molar-refractivity contribution in [3.05, 3.63) is 36.5 Å². The van der Waals surface area contributed by atoms with E-state index in [0.29, 0.717) is 12.8 Å². The van der Waals surface area contributed by atoms with Crippen LogP contribution in [0.2, 0.25) is 0 Å². The second-order valence-electron chi connectivity index (χ2n) is 17.2. The summed E-state index contributed by atoms with van der Waals surface area (Å²) in [5, 5.41) is 22.8. The molecule has 0 radical (unpaired) electrons. The number of hydrogen-bond donors (Lipinski definition) is 3. The molecule has 0 heterocycles. The fourth-order valence-electron chi connectivity index (χ4n) is 7.78. The fraction of sp³-hybridized carbons (Fsp3) is 0.865. The van der Waals surface area contributed by atoms with Gasteiger partial charge in [-0.1, -0.05) is 249 Å². The van der Waals surface area contributed by atoms with Gasteiger partial charge < -0.3 is 15.5 Å². The van der Waals surface area contributed by atoms with Crippen LogP contribution >= 0.6 is 0 Å². The number of nitrogens with one attached hydrogen (secondary N) is 1. The molecule has 1 amide bonds. The topological polar surface area (TPSA) is 69.6 Å². The molecule has 0 saturated carbocycles. The first-order valence-corrected chi connectivity index (χ1v) is 25.2. The predicted molar refractivity (Wildman–Crippen MR) is 248 cm³/mol. The van der Waals surface area contributed by atoms with Gasteiger partial charge in [-0.2, -0.15) is 0 Å². The van der Waals surface area contributed by atoms with E-state index >= 15 is 0 Å². The molecule has 0 aromatic rings. The Labute approximate surface area is 351 Å². The zero-order valence-electron chi connectivity index (χ0n) is 37.9. The van der Waals surface area contributed by atoms with Gasteiger partial charge in [0.05, 0.1) is 18.8 Å². The van der Waals surface area contributed by atoms with Crippen LogP contribution in [0.4, 0.5) is 0 Å². The molecule has 0 aromatic carbocycles. The zero-order chi connectivity index (χ0) is 40.7. The minimum Gasteiger partial charge on any atom is -0.394 e. The first-order valence-electron chi connectivity index (χ1n) is 25.2. The van der Waals surface area contributed by atoms with Crippen molar-refractivity contribution in [3.8, 4) is 0 Å². The van der Waals surface area contributed by atoms with E-state index in [2.05, 4.69) is 55.6 Å². The molecule has 0 fully saturated rings. The number of carbonyl (C=O) groups is 1. The molecular weight excluding hydrogens is 687 g/mol. The van der Waals surface area contributed by atoms with Gasteiger partial charge >= 0.3 is 0 Å². The summed E-state index contributed by atoms with van der Waals surface area (Å²) in [5.74, 6) is -0.0349. The highest BCUT2D eigenvalue weighted by atomic mass is 16.3. The van der Waals surface area contributed by atoms with Crippen molar-refractivity contribution >= 4 is 5.91 Å². The van der Waals surface area contributed by atoms with Crippen molar-refractivity contribution in [1.82, 2.24) is 5.32 Å². The largest absolute Gasteiger partial charge is 0.394 e. The Morgan fingerprint density at radius 3 is 1.09 bits per heavy atom.